The number of ketones is 2. The maximum Gasteiger partial charge on any atom is 0.339 e. The number of amides is 3. The lowest BCUT2D eigenvalue weighted by atomic mass is 9.74. The third-order valence-electron chi connectivity index (χ3n) is 5.07. The van der Waals surface area contributed by atoms with Crippen molar-refractivity contribution in [3.05, 3.63) is 12.2 Å². The molecule has 0 aliphatic heterocycles. The van der Waals surface area contributed by atoms with Crippen LogP contribution in [-0.4, -0.2) is 100 Å². The Balaban J connectivity index is 6.38. The van der Waals surface area contributed by atoms with Crippen molar-refractivity contribution in [3.63, 3.8) is 0 Å². The van der Waals surface area contributed by atoms with Gasteiger partial charge in [-0.15, -0.1) is 0 Å². The molecular formula is C20H32N8O9. The number of Topliss-reactive ketones (excluding diaryl/α,β-unsaturated/α-hetero) is 2. The van der Waals surface area contributed by atoms with Crippen LogP contribution in [0, 0.1) is 11.3 Å². The molecule has 0 fully saturated rings. The standard InChI is InChI=1S/C20H32N8O9/c1-9(2)15(32)14(17(34)35)20(18(36)37,11(29)6-21)28(12(30)7-22)13(31)8-27-16(33)10(23)4-3-5-26-19(24)25/h10,14H,1,3-8,21-23H2,2H3,(H,27,33)(H,34,35)(H,36,37)(H4,24,25,26). The van der Waals surface area contributed by atoms with Crippen molar-refractivity contribution in [1.82, 2.24) is 15.5 Å². The van der Waals surface area contributed by atoms with E-state index in [0.717, 1.165) is 6.92 Å². The van der Waals surface area contributed by atoms with E-state index in [-0.39, 0.29) is 30.2 Å². The zero-order valence-corrected chi connectivity index (χ0v) is 20.1. The maximum atomic E-state index is 13.1. The molecule has 0 aliphatic rings. The first-order valence-corrected chi connectivity index (χ1v) is 10.7. The molecule has 0 bridgehead atoms. The number of hydrogen-bond acceptors (Lipinski definition) is 11. The highest BCUT2D eigenvalue weighted by molar-refractivity contribution is 6.24. The van der Waals surface area contributed by atoms with Crippen LogP contribution in [0.2, 0.25) is 0 Å². The SMILES string of the molecule is C=C(C)C(=O)C(C(=O)O)C(C(=O)O)(C(=O)CN)N(C(=O)CN)C(=O)CNC(=O)C(N)CCCNC(=N)N. The van der Waals surface area contributed by atoms with E-state index in [9.17, 15) is 43.8 Å². The number of imide groups is 1. The smallest absolute Gasteiger partial charge is 0.339 e. The highest BCUT2D eigenvalue weighted by Gasteiger charge is 2.64. The molecule has 0 aromatic rings. The number of nitrogens with zero attached hydrogens (tertiary/aromatic N) is 1. The molecule has 17 heteroatoms. The minimum absolute atomic E-state index is 0.0602. The van der Waals surface area contributed by atoms with Crippen molar-refractivity contribution in [2.45, 2.75) is 31.3 Å². The van der Waals surface area contributed by atoms with Crippen LogP contribution in [0.25, 0.3) is 0 Å². The molecule has 37 heavy (non-hydrogen) atoms. The van der Waals surface area contributed by atoms with Gasteiger partial charge >= 0.3 is 11.9 Å². The van der Waals surface area contributed by atoms with E-state index < -0.39 is 83.9 Å². The molecule has 0 radical (unpaired) electrons. The second kappa shape index (κ2) is 14.4. The summed E-state index contributed by atoms with van der Waals surface area (Å²) in [7, 11) is 0. The van der Waals surface area contributed by atoms with Crippen LogP contribution in [0.15, 0.2) is 12.2 Å². The Labute approximate surface area is 211 Å². The van der Waals surface area contributed by atoms with Crippen molar-refractivity contribution >= 4 is 47.2 Å². The van der Waals surface area contributed by atoms with Gasteiger partial charge in [-0.2, -0.15) is 0 Å². The van der Waals surface area contributed by atoms with Crippen molar-refractivity contribution in [2.75, 3.05) is 26.2 Å². The van der Waals surface area contributed by atoms with E-state index in [0.29, 0.717) is 0 Å². The van der Waals surface area contributed by atoms with E-state index in [1.165, 1.54) is 0 Å². The fraction of sp³-hybridized carbons (Fsp3) is 0.500. The van der Waals surface area contributed by atoms with Gasteiger partial charge in [-0.05, 0) is 25.3 Å². The zero-order valence-electron chi connectivity index (χ0n) is 20.1. The number of rotatable bonds is 16. The summed E-state index contributed by atoms with van der Waals surface area (Å²) in [4.78, 5) is 87.8. The van der Waals surface area contributed by atoms with Gasteiger partial charge in [-0.25, -0.2) is 4.79 Å². The first-order valence-electron chi connectivity index (χ1n) is 10.7. The molecule has 0 heterocycles. The van der Waals surface area contributed by atoms with Crippen LogP contribution >= 0.6 is 0 Å². The molecule has 17 nitrogen and oxygen atoms in total. The van der Waals surface area contributed by atoms with Crippen LogP contribution in [0.5, 0.6) is 0 Å². The maximum absolute atomic E-state index is 13.1. The number of carbonyl (C=O) groups excluding carboxylic acids is 5. The summed E-state index contributed by atoms with van der Waals surface area (Å²) in [5.74, 6) is -14.8. The molecule has 206 valence electrons. The predicted octanol–water partition coefficient (Wildman–Crippen LogP) is -4.80. The number of allylic oxidation sites excluding steroid dienone is 1. The summed E-state index contributed by atoms with van der Waals surface area (Å²) in [6.45, 7) is 1.10. The summed E-state index contributed by atoms with van der Waals surface area (Å²) >= 11 is 0. The van der Waals surface area contributed by atoms with Gasteiger partial charge in [-0.3, -0.25) is 39.1 Å². The summed E-state index contributed by atoms with van der Waals surface area (Å²) in [5, 5.41) is 31.3. The normalized spacial score (nSPS) is 13.7. The van der Waals surface area contributed by atoms with Crippen molar-refractivity contribution < 1.29 is 43.8 Å². The van der Waals surface area contributed by atoms with E-state index in [4.69, 9.17) is 28.3 Å². The van der Waals surface area contributed by atoms with Crippen molar-refractivity contribution in [1.29, 1.82) is 5.41 Å². The van der Waals surface area contributed by atoms with Crippen LogP contribution in [0.3, 0.4) is 0 Å². The van der Waals surface area contributed by atoms with Gasteiger partial charge in [0.05, 0.1) is 25.7 Å². The van der Waals surface area contributed by atoms with Crippen LogP contribution in [-0.2, 0) is 33.6 Å². The number of guanidine groups is 1. The Morgan fingerprint density at radius 2 is 1.59 bits per heavy atom. The van der Waals surface area contributed by atoms with Crippen LogP contribution < -0.4 is 33.6 Å². The molecule has 3 unspecified atom stereocenters. The Morgan fingerprint density at radius 3 is 2.00 bits per heavy atom. The minimum Gasteiger partial charge on any atom is -0.481 e. The van der Waals surface area contributed by atoms with Crippen molar-refractivity contribution in [2.24, 2.45) is 28.9 Å². The molecule has 13 N–H and O–H groups in total. The molecule has 3 amide bonds. The monoisotopic (exact) mass is 528 g/mol. The lowest BCUT2D eigenvalue weighted by Gasteiger charge is -2.40. The first kappa shape index (κ1) is 32.8. The van der Waals surface area contributed by atoms with Crippen LogP contribution in [0.4, 0.5) is 0 Å². The molecule has 0 aromatic carbocycles. The molecule has 0 saturated carbocycles. The highest BCUT2D eigenvalue weighted by atomic mass is 16.4. The van der Waals surface area contributed by atoms with Gasteiger partial charge in [-0.1, -0.05) is 6.58 Å². The lowest BCUT2D eigenvalue weighted by molar-refractivity contribution is -0.179. The highest BCUT2D eigenvalue weighted by Crippen LogP contribution is 2.31. The third kappa shape index (κ3) is 7.89. The zero-order chi connectivity index (χ0) is 29.1. The third-order valence-corrected chi connectivity index (χ3v) is 5.07. The Morgan fingerprint density at radius 1 is 1.03 bits per heavy atom. The number of nitrogens with two attached hydrogens (primary N) is 4. The Bertz CT molecular complexity index is 983. The molecule has 0 rings (SSSR count). The summed E-state index contributed by atoms with van der Waals surface area (Å²) < 4.78 is 0. The molecule has 0 spiro atoms. The van der Waals surface area contributed by atoms with Gasteiger partial charge in [0.25, 0.3) is 0 Å². The van der Waals surface area contributed by atoms with Crippen LogP contribution in [0.1, 0.15) is 19.8 Å². The van der Waals surface area contributed by atoms with E-state index in [1.807, 2.05) is 0 Å². The largest absolute Gasteiger partial charge is 0.481 e. The molecule has 0 aromatic heterocycles. The summed E-state index contributed by atoms with van der Waals surface area (Å²) in [5.41, 5.74) is 17.3. The van der Waals surface area contributed by atoms with Gasteiger partial charge in [0.15, 0.2) is 23.4 Å². The second-order valence-corrected chi connectivity index (χ2v) is 7.75. The average molecular weight is 529 g/mol. The van der Waals surface area contributed by atoms with Crippen molar-refractivity contribution in [3.8, 4) is 0 Å². The lowest BCUT2D eigenvalue weighted by Crippen LogP contribution is -2.73. The topological polar surface area (TPSA) is 315 Å². The molecule has 0 aliphatic carbocycles. The Hall–Kier alpha value is -4.22. The average Bonchev–Trinajstić information content (AvgIpc) is 2.82. The van der Waals surface area contributed by atoms with E-state index in [1.54, 1.807) is 0 Å². The van der Waals surface area contributed by atoms with Gasteiger partial charge < -0.3 is 43.8 Å². The van der Waals surface area contributed by atoms with Gasteiger partial charge in [0.1, 0.15) is 0 Å². The van der Waals surface area contributed by atoms with E-state index in [2.05, 4.69) is 17.2 Å². The number of aliphatic carboxylic acids is 2. The quantitative estimate of drug-likeness (QED) is 0.0298. The molecule has 0 saturated heterocycles. The minimum atomic E-state index is -3.64. The number of nitrogens with one attached hydrogen (secondary N) is 3. The fourth-order valence-electron chi connectivity index (χ4n) is 3.31. The summed E-state index contributed by atoms with van der Waals surface area (Å²) in [6, 6.07) is -1.19. The second-order valence-electron chi connectivity index (χ2n) is 7.75. The van der Waals surface area contributed by atoms with Gasteiger partial charge in [0.2, 0.25) is 23.3 Å². The number of carbonyl (C=O) groups is 7. The fourth-order valence-corrected chi connectivity index (χ4v) is 3.31. The number of hydrogen-bond donors (Lipinski definition) is 9. The van der Waals surface area contributed by atoms with E-state index >= 15 is 0 Å². The Kier molecular flexibility index (Phi) is 12.7. The predicted molar refractivity (Wildman–Crippen MR) is 126 cm³/mol. The molecule has 3 atom stereocenters. The first-order chi connectivity index (χ1) is 17.1. The summed E-state index contributed by atoms with van der Waals surface area (Å²) in [6.07, 6.45) is 0.348. The van der Waals surface area contributed by atoms with Gasteiger partial charge in [0, 0.05) is 6.54 Å². The number of carboxylic acid groups (broad SMARTS) is 2. The molecular weight excluding hydrogens is 496 g/mol. The number of carboxylic acids is 2.